The Labute approximate surface area is 147 Å². The Hall–Kier alpha value is -2.15. The molecule has 0 aliphatic carbocycles. The Balaban J connectivity index is 1.89. The fraction of sp³-hybridized carbons (Fsp3) is 0.556. The summed E-state index contributed by atoms with van der Waals surface area (Å²) in [4.78, 5) is 28.3. The van der Waals surface area contributed by atoms with E-state index in [1.165, 1.54) is 12.1 Å². The topological polar surface area (TPSA) is 61.9 Å². The first-order chi connectivity index (χ1) is 11.9. The number of piperazine rings is 1. The van der Waals surface area contributed by atoms with Crippen molar-refractivity contribution >= 4 is 11.8 Å². The first kappa shape index (κ1) is 19.2. The van der Waals surface area contributed by atoms with Crippen LogP contribution >= 0.6 is 0 Å². The lowest BCUT2D eigenvalue weighted by Crippen LogP contribution is -2.61. The highest BCUT2D eigenvalue weighted by Gasteiger charge is 2.34. The molecular weight excluding hydrogens is 325 g/mol. The van der Waals surface area contributed by atoms with E-state index in [0.717, 1.165) is 0 Å². The number of nitrogens with one attached hydrogen (secondary N) is 1. The second kappa shape index (κ2) is 8.80. The standard InChI is InChI=1S/C18H26FN3O3/c1-13(2)22-10-9-21(12-15(22)18(24)20-3)17(23)8-11-25-16-7-5-4-6-14(16)19/h4-7,13,15H,8-12H2,1-3H3,(H,20,24)/t15-/m0/s1. The van der Waals surface area contributed by atoms with E-state index < -0.39 is 5.82 Å². The highest BCUT2D eigenvalue weighted by molar-refractivity contribution is 5.83. The van der Waals surface area contributed by atoms with Gasteiger partial charge in [0.25, 0.3) is 0 Å². The molecule has 7 heteroatoms. The number of benzene rings is 1. The Bertz CT molecular complexity index is 609. The number of rotatable bonds is 6. The highest BCUT2D eigenvalue weighted by Crippen LogP contribution is 2.17. The van der Waals surface area contributed by atoms with Crippen molar-refractivity contribution in [2.24, 2.45) is 0 Å². The first-order valence-electron chi connectivity index (χ1n) is 8.56. The fourth-order valence-electron chi connectivity index (χ4n) is 3.01. The van der Waals surface area contributed by atoms with Crippen molar-refractivity contribution in [2.45, 2.75) is 32.4 Å². The van der Waals surface area contributed by atoms with Crippen LogP contribution in [0.5, 0.6) is 5.75 Å². The summed E-state index contributed by atoms with van der Waals surface area (Å²) in [6.45, 7) is 5.76. The summed E-state index contributed by atoms with van der Waals surface area (Å²) in [6, 6.07) is 5.98. The van der Waals surface area contributed by atoms with Crippen LogP contribution in [-0.4, -0.2) is 67.0 Å². The van der Waals surface area contributed by atoms with E-state index in [4.69, 9.17) is 4.74 Å². The number of para-hydroxylation sites is 1. The molecule has 2 amide bonds. The predicted molar refractivity (Wildman–Crippen MR) is 92.8 cm³/mol. The molecule has 0 radical (unpaired) electrons. The molecule has 2 rings (SSSR count). The quantitative estimate of drug-likeness (QED) is 0.838. The van der Waals surface area contributed by atoms with Gasteiger partial charge in [-0.15, -0.1) is 0 Å². The third-order valence-corrected chi connectivity index (χ3v) is 4.40. The van der Waals surface area contributed by atoms with Crippen LogP contribution in [0.2, 0.25) is 0 Å². The number of nitrogens with zero attached hydrogens (tertiary/aromatic N) is 2. The van der Waals surface area contributed by atoms with Gasteiger partial charge in [0.05, 0.1) is 13.0 Å². The van der Waals surface area contributed by atoms with Crippen molar-refractivity contribution in [1.29, 1.82) is 0 Å². The number of hydrogen-bond donors (Lipinski definition) is 1. The SMILES string of the molecule is CNC(=O)[C@@H]1CN(C(=O)CCOc2ccccc2F)CCN1C(C)C. The molecule has 0 spiro atoms. The zero-order valence-corrected chi connectivity index (χ0v) is 15.0. The summed E-state index contributed by atoms with van der Waals surface area (Å²) in [5.41, 5.74) is 0. The van der Waals surface area contributed by atoms with Crippen molar-refractivity contribution in [3.8, 4) is 5.75 Å². The summed E-state index contributed by atoms with van der Waals surface area (Å²) < 4.78 is 18.8. The molecule has 0 bridgehead atoms. The van der Waals surface area contributed by atoms with Gasteiger partial charge in [-0.05, 0) is 26.0 Å². The Morgan fingerprint density at radius 2 is 2.04 bits per heavy atom. The van der Waals surface area contributed by atoms with E-state index in [9.17, 15) is 14.0 Å². The van der Waals surface area contributed by atoms with Gasteiger partial charge in [0.2, 0.25) is 11.8 Å². The van der Waals surface area contributed by atoms with E-state index in [0.29, 0.717) is 19.6 Å². The zero-order chi connectivity index (χ0) is 18.4. The maximum atomic E-state index is 13.5. The molecule has 1 aliphatic heterocycles. The van der Waals surface area contributed by atoms with Crippen LogP contribution in [0.4, 0.5) is 4.39 Å². The predicted octanol–water partition coefficient (Wildman–Crippen LogP) is 1.26. The average Bonchev–Trinajstić information content (AvgIpc) is 2.61. The molecule has 1 heterocycles. The maximum Gasteiger partial charge on any atom is 0.238 e. The molecule has 1 N–H and O–H groups in total. The molecule has 0 saturated carbocycles. The van der Waals surface area contributed by atoms with Gasteiger partial charge in [-0.25, -0.2) is 4.39 Å². The molecule has 6 nitrogen and oxygen atoms in total. The van der Waals surface area contributed by atoms with Gasteiger partial charge in [-0.1, -0.05) is 12.1 Å². The van der Waals surface area contributed by atoms with Crippen LogP contribution in [-0.2, 0) is 9.59 Å². The van der Waals surface area contributed by atoms with Crippen molar-refractivity contribution in [2.75, 3.05) is 33.3 Å². The number of ether oxygens (including phenoxy) is 1. The maximum absolute atomic E-state index is 13.5. The monoisotopic (exact) mass is 351 g/mol. The molecule has 1 aromatic rings. The number of halogens is 1. The van der Waals surface area contributed by atoms with Gasteiger partial charge in [0.15, 0.2) is 11.6 Å². The Kier molecular flexibility index (Phi) is 6.75. The number of carbonyl (C=O) groups excluding carboxylic acids is 2. The molecule has 25 heavy (non-hydrogen) atoms. The van der Waals surface area contributed by atoms with Gasteiger partial charge in [-0.3, -0.25) is 14.5 Å². The molecule has 1 saturated heterocycles. The number of hydrogen-bond acceptors (Lipinski definition) is 4. The van der Waals surface area contributed by atoms with Gasteiger partial charge in [-0.2, -0.15) is 0 Å². The second-order valence-electron chi connectivity index (χ2n) is 6.33. The summed E-state index contributed by atoms with van der Waals surface area (Å²) in [6.07, 6.45) is 0.149. The van der Waals surface area contributed by atoms with Crippen molar-refractivity contribution in [3.05, 3.63) is 30.1 Å². The van der Waals surface area contributed by atoms with E-state index >= 15 is 0 Å². The number of amides is 2. The molecule has 0 unspecified atom stereocenters. The highest BCUT2D eigenvalue weighted by atomic mass is 19.1. The summed E-state index contributed by atoms with van der Waals surface area (Å²) >= 11 is 0. The van der Waals surface area contributed by atoms with Crippen molar-refractivity contribution in [1.82, 2.24) is 15.1 Å². The minimum Gasteiger partial charge on any atom is -0.490 e. The van der Waals surface area contributed by atoms with Gasteiger partial charge < -0.3 is 15.0 Å². The van der Waals surface area contributed by atoms with Crippen LogP contribution in [0.3, 0.4) is 0 Å². The van der Waals surface area contributed by atoms with Gasteiger partial charge in [0, 0.05) is 32.7 Å². The number of carbonyl (C=O) groups is 2. The first-order valence-corrected chi connectivity index (χ1v) is 8.56. The minimum absolute atomic E-state index is 0.0891. The summed E-state index contributed by atoms with van der Waals surface area (Å²) in [5, 5.41) is 2.66. The molecular formula is C18H26FN3O3. The van der Waals surface area contributed by atoms with Crippen molar-refractivity contribution < 1.29 is 18.7 Å². The lowest BCUT2D eigenvalue weighted by Gasteiger charge is -2.42. The van der Waals surface area contributed by atoms with Crippen LogP contribution in [0, 0.1) is 5.82 Å². The zero-order valence-electron chi connectivity index (χ0n) is 15.0. The van der Waals surface area contributed by atoms with E-state index in [-0.39, 0.29) is 42.7 Å². The largest absolute Gasteiger partial charge is 0.490 e. The summed E-state index contributed by atoms with van der Waals surface area (Å²) in [5.74, 6) is -0.481. The molecule has 1 fully saturated rings. The molecule has 1 atom stereocenters. The fourth-order valence-corrected chi connectivity index (χ4v) is 3.01. The van der Waals surface area contributed by atoms with Gasteiger partial charge in [0.1, 0.15) is 6.04 Å². The molecule has 1 aromatic carbocycles. The third-order valence-electron chi connectivity index (χ3n) is 4.40. The number of likely N-dealkylation sites (N-methyl/N-ethyl adjacent to an activating group) is 1. The van der Waals surface area contributed by atoms with Gasteiger partial charge >= 0.3 is 0 Å². The lowest BCUT2D eigenvalue weighted by atomic mass is 10.1. The van der Waals surface area contributed by atoms with Crippen LogP contribution in [0.25, 0.3) is 0 Å². The van der Waals surface area contributed by atoms with Crippen LogP contribution < -0.4 is 10.1 Å². The molecule has 1 aliphatic rings. The van der Waals surface area contributed by atoms with Crippen LogP contribution in [0.1, 0.15) is 20.3 Å². The summed E-state index contributed by atoms with van der Waals surface area (Å²) in [7, 11) is 1.60. The van der Waals surface area contributed by atoms with Crippen LogP contribution in [0.15, 0.2) is 24.3 Å². The Morgan fingerprint density at radius 3 is 2.68 bits per heavy atom. The van der Waals surface area contributed by atoms with E-state index in [1.54, 1.807) is 24.1 Å². The van der Waals surface area contributed by atoms with Crippen molar-refractivity contribution in [3.63, 3.8) is 0 Å². The minimum atomic E-state index is -0.444. The van der Waals surface area contributed by atoms with E-state index in [2.05, 4.69) is 10.2 Å². The normalized spacial score (nSPS) is 18.3. The smallest absolute Gasteiger partial charge is 0.238 e. The average molecular weight is 351 g/mol. The molecule has 138 valence electrons. The third kappa shape index (κ3) is 4.92. The Morgan fingerprint density at radius 1 is 1.32 bits per heavy atom. The molecule has 0 aromatic heterocycles. The second-order valence-corrected chi connectivity index (χ2v) is 6.33. The lowest BCUT2D eigenvalue weighted by molar-refractivity contribution is -0.139. The van der Waals surface area contributed by atoms with E-state index in [1.807, 2.05) is 13.8 Å².